The van der Waals surface area contributed by atoms with Gasteiger partial charge >= 0.3 is 0 Å². The first-order chi connectivity index (χ1) is 8.89. The Kier molecular flexibility index (Phi) is 3.91. The van der Waals surface area contributed by atoms with E-state index in [1.54, 1.807) is 12.1 Å². The summed E-state index contributed by atoms with van der Waals surface area (Å²) in [5.74, 6) is 0.234. The topological polar surface area (TPSA) is 66.5 Å². The molecule has 5 nitrogen and oxygen atoms in total. The normalized spacial score (nSPS) is 20.4. The smallest absolute Gasteiger partial charge is 0.243 e. The molecule has 1 aliphatic rings. The van der Waals surface area contributed by atoms with E-state index in [0.717, 1.165) is 6.42 Å². The Bertz CT molecular complexity index is 566. The summed E-state index contributed by atoms with van der Waals surface area (Å²) >= 11 is 0. The molecule has 19 heavy (non-hydrogen) atoms. The standard InChI is InChI=1S/C13H18N2O3S/c1-10-7-8-15(9-10)19(17,18)13-5-3-12(4-6-13)14-11(2)16/h3-6,10H,7-9H2,1-2H3,(H,14,16). The first-order valence-corrected chi connectivity index (χ1v) is 7.71. The molecule has 2 rings (SSSR count). The summed E-state index contributed by atoms with van der Waals surface area (Å²) in [5.41, 5.74) is 0.598. The van der Waals surface area contributed by atoms with Gasteiger partial charge < -0.3 is 5.32 Å². The van der Waals surface area contributed by atoms with Crippen LogP contribution >= 0.6 is 0 Å². The van der Waals surface area contributed by atoms with E-state index in [1.165, 1.54) is 23.4 Å². The first kappa shape index (κ1) is 14.0. The summed E-state index contributed by atoms with van der Waals surface area (Å²) in [7, 11) is -3.40. The van der Waals surface area contributed by atoms with E-state index in [2.05, 4.69) is 12.2 Å². The third-order valence-electron chi connectivity index (χ3n) is 3.20. The molecule has 6 heteroatoms. The van der Waals surface area contributed by atoms with Crippen molar-refractivity contribution in [3.8, 4) is 0 Å². The fourth-order valence-corrected chi connectivity index (χ4v) is 3.75. The van der Waals surface area contributed by atoms with Gasteiger partial charge in [-0.3, -0.25) is 4.79 Å². The molecule has 0 aromatic heterocycles. The molecule has 1 heterocycles. The third kappa shape index (κ3) is 3.13. The van der Waals surface area contributed by atoms with E-state index in [4.69, 9.17) is 0 Å². The fraction of sp³-hybridized carbons (Fsp3) is 0.462. The molecule has 0 saturated carbocycles. The lowest BCUT2D eigenvalue weighted by Crippen LogP contribution is -2.28. The molecule has 104 valence electrons. The van der Waals surface area contributed by atoms with Crippen molar-refractivity contribution in [1.29, 1.82) is 0 Å². The molecule has 1 unspecified atom stereocenters. The lowest BCUT2D eigenvalue weighted by Gasteiger charge is -2.16. The Morgan fingerprint density at radius 2 is 1.95 bits per heavy atom. The summed E-state index contributed by atoms with van der Waals surface area (Å²) in [6.45, 7) is 4.62. The highest BCUT2D eigenvalue weighted by atomic mass is 32.2. The van der Waals surface area contributed by atoms with Gasteiger partial charge in [-0.2, -0.15) is 4.31 Å². The van der Waals surface area contributed by atoms with E-state index in [0.29, 0.717) is 24.7 Å². The predicted octanol–water partition coefficient (Wildman–Crippen LogP) is 1.68. The van der Waals surface area contributed by atoms with Crippen LogP contribution in [0.25, 0.3) is 0 Å². The van der Waals surface area contributed by atoms with Crippen molar-refractivity contribution in [3.63, 3.8) is 0 Å². The number of amides is 1. The number of benzene rings is 1. The summed E-state index contributed by atoms with van der Waals surface area (Å²) in [5, 5.41) is 2.61. The van der Waals surface area contributed by atoms with Gasteiger partial charge in [0.15, 0.2) is 0 Å². The van der Waals surface area contributed by atoms with Crippen molar-refractivity contribution in [2.45, 2.75) is 25.2 Å². The minimum absolute atomic E-state index is 0.177. The predicted molar refractivity (Wildman–Crippen MR) is 73.3 cm³/mol. The number of anilines is 1. The lowest BCUT2D eigenvalue weighted by molar-refractivity contribution is -0.114. The third-order valence-corrected chi connectivity index (χ3v) is 5.08. The molecule has 1 aromatic carbocycles. The van der Waals surface area contributed by atoms with Gasteiger partial charge in [-0.1, -0.05) is 6.92 Å². The van der Waals surface area contributed by atoms with Crippen LogP contribution in [0, 0.1) is 5.92 Å². The molecule has 0 bridgehead atoms. The number of nitrogens with one attached hydrogen (secondary N) is 1. The highest BCUT2D eigenvalue weighted by molar-refractivity contribution is 7.89. The number of sulfonamides is 1. The molecule has 1 atom stereocenters. The molecular weight excluding hydrogens is 264 g/mol. The minimum atomic E-state index is -3.40. The number of rotatable bonds is 3. The second kappa shape index (κ2) is 5.30. The number of hydrogen-bond acceptors (Lipinski definition) is 3. The van der Waals surface area contributed by atoms with Gasteiger partial charge in [0.25, 0.3) is 0 Å². The van der Waals surface area contributed by atoms with E-state index < -0.39 is 10.0 Å². The Balaban J connectivity index is 2.19. The largest absolute Gasteiger partial charge is 0.326 e. The van der Waals surface area contributed by atoms with Crippen LogP contribution in [0.1, 0.15) is 20.3 Å². The van der Waals surface area contributed by atoms with Gasteiger partial charge in [0.2, 0.25) is 15.9 Å². The molecule has 0 spiro atoms. The van der Waals surface area contributed by atoms with Crippen LogP contribution in [0.5, 0.6) is 0 Å². The van der Waals surface area contributed by atoms with Crippen molar-refractivity contribution in [1.82, 2.24) is 4.31 Å². The van der Waals surface area contributed by atoms with Crippen LogP contribution in [0.2, 0.25) is 0 Å². The zero-order valence-electron chi connectivity index (χ0n) is 11.1. The number of carbonyl (C=O) groups is 1. The molecule has 1 amide bonds. The maximum Gasteiger partial charge on any atom is 0.243 e. The molecule has 0 radical (unpaired) electrons. The van der Waals surface area contributed by atoms with Gasteiger partial charge in [0, 0.05) is 25.7 Å². The summed E-state index contributed by atoms with van der Waals surface area (Å²) in [6, 6.07) is 6.27. The monoisotopic (exact) mass is 282 g/mol. The quantitative estimate of drug-likeness (QED) is 0.917. The number of hydrogen-bond donors (Lipinski definition) is 1. The Hall–Kier alpha value is -1.40. The number of carbonyl (C=O) groups excluding carboxylic acids is 1. The fourth-order valence-electron chi connectivity index (χ4n) is 2.18. The average Bonchev–Trinajstić information content (AvgIpc) is 2.76. The van der Waals surface area contributed by atoms with E-state index >= 15 is 0 Å². The average molecular weight is 282 g/mol. The Morgan fingerprint density at radius 3 is 2.42 bits per heavy atom. The SMILES string of the molecule is CC(=O)Nc1ccc(S(=O)(=O)N2CCC(C)C2)cc1. The summed E-state index contributed by atoms with van der Waals surface area (Å²) in [6.07, 6.45) is 0.906. The summed E-state index contributed by atoms with van der Waals surface area (Å²) < 4.78 is 26.2. The van der Waals surface area contributed by atoms with Crippen LogP contribution < -0.4 is 5.32 Å². The maximum absolute atomic E-state index is 12.4. The van der Waals surface area contributed by atoms with Crippen molar-refractivity contribution < 1.29 is 13.2 Å². The number of nitrogens with zero attached hydrogens (tertiary/aromatic N) is 1. The molecular formula is C13H18N2O3S. The van der Waals surface area contributed by atoms with Gasteiger partial charge in [0.1, 0.15) is 0 Å². The van der Waals surface area contributed by atoms with E-state index in [9.17, 15) is 13.2 Å². The lowest BCUT2D eigenvalue weighted by atomic mass is 10.2. The highest BCUT2D eigenvalue weighted by Crippen LogP contribution is 2.24. The van der Waals surface area contributed by atoms with E-state index in [1.807, 2.05) is 0 Å². The first-order valence-electron chi connectivity index (χ1n) is 6.27. The van der Waals surface area contributed by atoms with Gasteiger partial charge in [-0.25, -0.2) is 8.42 Å². The van der Waals surface area contributed by atoms with Crippen molar-refractivity contribution >= 4 is 21.6 Å². The molecule has 1 aliphatic heterocycles. The Morgan fingerprint density at radius 1 is 1.32 bits per heavy atom. The molecule has 1 aromatic rings. The molecule has 1 fully saturated rings. The highest BCUT2D eigenvalue weighted by Gasteiger charge is 2.30. The zero-order chi connectivity index (χ0) is 14.0. The molecule has 0 aliphatic carbocycles. The molecule has 1 saturated heterocycles. The van der Waals surface area contributed by atoms with E-state index in [-0.39, 0.29) is 10.8 Å². The van der Waals surface area contributed by atoms with Crippen LogP contribution in [0.3, 0.4) is 0 Å². The van der Waals surface area contributed by atoms with Crippen LogP contribution in [-0.2, 0) is 14.8 Å². The van der Waals surface area contributed by atoms with Gasteiger partial charge in [-0.15, -0.1) is 0 Å². The minimum Gasteiger partial charge on any atom is -0.326 e. The molecule has 1 N–H and O–H groups in total. The van der Waals surface area contributed by atoms with Gasteiger partial charge in [-0.05, 0) is 36.6 Å². The van der Waals surface area contributed by atoms with Crippen molar-refractivity contribution in [2.75, 3.05) is 18.4 Å². The Labute approximate surface area is 113 Å². The maximum atomic E-state index is 12.4. The van der Waals surface area contributed by atoms with Crippen LogP contribution in [0.4, 0.5) is 5.69 Å². The van der Waals surface area contributed by atoms with Gasteiger partial charge in [0.05, 0.1) is 4.90 Å². The van der Waals surface area contributed by atoms with Crippen molar-refractivity contribution in [3.05, 3.63) is 24.3 Å². The second-order valence-corrected chi connectivity index (χ2v) is 6.90. The summed E-state index contributed by atoms with van der Waals surface area (Å²) in [4.78, 5) is 11.2. The zero-order valence-corrected chi connectivity index (χ0v) is 11.9. The van der Waals surface area contributed by atoms with Crippen LogP contribution in [-0.4, -0.2) is 31.7 Å². The second-order valence-electron chi connectivity index (χ2n) is 4.96. The van der Waals surface area contributed by atoms with Crippen LogP contribution in [0.15, 0.2) is 29.2 Å². The van der Waals surface area contributed by atoms with Crippen molar-refractivity contribution in [2.24, 2.45) is 5.92 Å².